The van der Waals surface area contributed by atoms with E-state index in [2.05, 4.69) is 57.9 Å². The molecule has 0 bridgehead atoms. The third kappa shape index (κ3) is 6.30. The molecule has 2 saturated heterocycles. The van der Waals surface area contributed by atoms with Crippen molar-refractivity contribution in [3.8, 4) is 17.6 Å². The van der Waals surface area contributed by atoms with Crippen LogP contribution < -0.4 is 20.9 Å². The number of nitrogens with zero attached hydrogens (tertiary/aromatic N) is 8. The topological polar surface area (TPSA) is 161 Å². The van der Waals surface area contributed by atoms with Gasteiger partial charge in [0.05, 0.1) is 11.0 Å². The molecule has 3 aliphatic rings. The highest BCUT2D eigenvalue weighted by Gasteiger charge is 2.43. The van der Waals surface area contributed by atoms with Crippen LogP contribution in [0.15, 0.2) is 53.6 Å². The number of likely N-dealkylation sites (N-methyl/N-ethyl adjacent to an activating group) is 1. The largest absolute Gasteiger partial charge is 0.389 e. The molecule has 2 fully saturated rings. The predicted molar refractivity (Wildman–Crippen MR) is 193 cm³/mol. The number of nitriles is 1. The van der Waals surface area contributed by atoms with E-state index >= 15 is 0 Å². The Morgan fingerprint density at radius 1 is 1.08 bits per heavy atom. The number of nitrogen functional groups attached to an aromatic ring is 1. The van der Waals surface area contributed by atoms with Crippen LogP contribution in [0.25, 0.3) is 11.5 Å². The second-order valence-electron chi connectivity index (χ2n) is 13.3. The van der Waals surface area contributed by atoms with Crippen LogP contribution in [-0.2, 0) is 16.6 Å². The first-order valence-corrected chi connectivity index (χ1v) is 17.7. The minimum Gasteiger partial charge on any atom is -0.389 e. The Balaban J connectivity index is 1.15. The molecule has 0 spiro atoms. The smallest absolute Gasteiger partial charge is 0.254 e. The molecule has 7 rings (SSSR count). The van der Waals surface area contributed by atoms with E-state index < -0.39 is 5.41 Å². The molecule has 14 heteroatoms. The summed E-state index contributed by atoms with van der Waals surface area (Å²) in [6.07, 6.45) is 3.77. The SMILES string of the molecule is C=CC(=O)Nc1cccc(C(=O)N2CCN(c3cc(-c4noc([C@@]5(C)CCCc6sc(N)c(C#N)c65)n4)nc(N4CCN(C)CC4)c3)CC2)c1. The summed E-state index contributed by atoms with van der Waals surface area (Å²) in [5.41, 5.74) is 9.69. The average Bonchev–Trinajstić information content (AvgIpc) is 3.77. The summed E-state index contributed by atoms with van der Waals surface area (Å²) < 4.78 is 5.98. The van der Waals surface area contributed by atoms with Gasteiger partial charge in [-0.25, -0.2) is 4.98 Å². The molecule has 4 aromatic rings. The van der Waals surface area contributed by atoms with E-state index in [1.165, 1.54) is 17.4 Å². The third-order valence-corrected chi connectivity index (χ3v) is 11.1. The van der Waals surface area contributed by atoms with E-state index in [1.807, 2.05) is 11.0 Å². The Bertz CT molecular complexity index is 1980. The number of hydrogen-bond donors (Lipinski definition) is 2. The monoisotopic (exact) mass is 692 g/mol. The Hall–Kier alpha value is -5.26. The fourth-order valence-corrected chi connectivity index (χ4v) is 8.32. The molecule has 0 radical (unpaired) electrons. The zero-order chi connectivity index (χ0) is 35.0. The number of pyridine rings is 1. The first kappa shape index (κ1) is 33.2. The Morgan fingerprint density at radius 2 is 1.84 bits per heavy atom. The van der Waals surface area contributed by atoms with Gasteiger partial charge in [0.2, 0.25) is 17.6 Å². The number of carbonyl (C=O) groups excluding carboxylic acids is 2. The van der Waals surface area contributed by atoms with E-state index in [0.717, 1.165) is 67.4 Å². The Kier molecular flexibility index (Phi) is 9.02. The number of benzene rings is 1. The normalized spacial score (nSPS) is 19.5. The number of carbonyl (C=O) groups is 2. The number of piperazine rings is 2. The van der Waals surface area contributed by atoms with Gasteiger partial charge in [-0.3, -0.25) is 9.59 Å². The first-order chi connectivity index (χ1) is 24.2. The maximum Gasteiger partial charge on any atom is 0.254 e. The van der Waals surface area contributed by atoms with Gasteiger partial charge in [0.25, 0.3) is 5.91 Å². The van der Waals surface area contributed by atoms with Crippen molar-refractivity contribution in [3.63, 3.8) is 0 Å². The molecule has 13 nitrogen and oxygen atoms in total. The summed E-state index contributed by atoms with van der Waals surface area (Å²) in [5.74, 6) is 1.28. The van der Waals surface area contributed by atoms with Crippen molar-refractivity contribution in [1.82, 2.24) is 24.9 Å². The lowest BCUT2D eigenvalue weighted by atomic mass is 9.72. The highest BCUT2D eigenvalue weighted by atomic mass is 32.1. The number of rotatable bonds is 7. The van der Waals surface area contributed by atoms with Crippen LogP contribution in [0, 0.1) is 11.3 Å². The molecule has 2 aliphatic heterocycles. The second kappa shape index (κ2) is 13.6. The van der Waals surface area contributed by atoms with Gasteiger partial charge in [0, 0.05) is 85.8 Å². The minimum absolute atomic E-state index is 0.0847. The van der Waals surface area contributed by atoms with Gasteiger partial charge in [-0.05, 0) is 63.6 Å². The summed E-state index contributed by atoms with van der Waals surface area (Å²) in [4.78, 5) is 45.0. The molecule has 0 saturated carbocycles. The lowest BCUT2D eigenvalue weighted by Crippen LogP contribution is -2.49. The Labute approximate surface area is 295 Å². The van der Waals surface area contributed by atoms with E-state index in [-0.39, 0.29) is 11.8 Å². The molecule has 50 heavy (non-hydrogen) atoms. The summed E-state index contributed by atoms with van der Waals surface area (Å²) in [7, 11) is 2.12. The summed E-state index contributed by atoms with van der Waals surface area (Å²) in [6, 6.07) is 13.4. The van der Waals surface area contributed by atoms with Crippen LogP contribution in [0.5, 0.6) is 0 Å². The number of nitrogens with one attached hydrogen (secondary N) is 1. The van der Waals surface area contributed by atoms with Gasteiger partial charge in [-0.1, -0.05) is 17.8 Å². The van der Waals surface area contributed by atoms with Gasteiger partial charge >= 0.3 is 0 Å². The maximum absolute atomic E-state index is 13.5. The van der Waals surface area contributed by atoms with Crippen LogP contribution in [0.4, 0.5) is 22.2 Å². The molecule has 3 aromatic heterocycles. The van der Waals surface area contributed by atoms with E-state index in [9.17, 15) is 14.9 Å². The number of anilines is 4. The maximum atomic E-state index is 13.5. The number of thiophene rings is 1. The van der Waals surface area contributed by atoms with Gasteiger partial charge in [-0.2, -0.15) is 10.2 Å². The van der Waals surface area contributed by atoms with Crippen LogP contribution >= 0.6 is 11.3 Å². The van der Waals surface area contributed by atoms with Crippen molar-refractivity contribution in [2.75, 3.05) is 80.3 Å². The standard InChI is InChI=1S/C36H40N10O3S/c1-4-30(47)39-24-8-5-7-23(19-24)34(48)46-17-15-44(16-18-46)25-20-27(40-29(21-25)45-13-11-43(3)12-14-45)33-41-35(49-42-33)36(2)10-6-9-28-31(36)26(22-37)32(38)50-28/h4-5,7-8,19-21H,1,6,9-18,38H2,2-3H3,(H,39,47)/t36-/m0/s1. The van der Waals surface area contributed by atoms with E-state index in [0.29, 0.717) is 65.4 Å². The van der Waals surface area contributed by atoms with Crippen molar-refractivity contribution in [2.24, 2.45) is 0 Å². The fourth-order valence-electron chi connectivity index (χ4n) is 7.13. The molecule has 1 aliphatic carbocycles. The van der Waals surface area contributed by atoms with Gasteiger partial charge < -0.3 is 35.2 Å². The first-order valence-electron chi connectivity index (χ1n) is 16.9. The van der Waals surface area contributed by atoms with Crippen molar-refractivity contribution in [3.05, 3.63) is 76.5 Å². The van der Waals surface area contributed by atoms with Crippen molar-refractivity contribution < 1.29 is 14.1 Å². The van der Waals surface area contributed by atoms with Gasteiger partial charge in [-0.15, -0.1) is 11.3 Å². The summed E-state index contributed by atoms with van der Waals surface area (Å²) in [6.45, 7) is 11.4. The number of amides is 2. The van der Waals surface area contributed by atoms with Crippen LogP contribution in [0.1, 0.15) is 52.0 Å². The molecule has 5 heterocycles. The van der Waals surface area contributed by atoms with Crippen LogP contribution in [0.3, 0.4) is 0 Å². The average molecular weight is 693 g/mol. The number of aryl methyl sites for hydroxylation is 1. The van der Waals surface area contributed by atoms with Crippen molar-refractivity contribution in [2.45, 2.75) is 31.6 Å². The Morgan fingerprint density at radius 3 is 2.58 bits per heavy atom. The van der Waals surface area contributed by atoms with Gasteiger partial charge in [0.15, 0.2) is 0 Å². The number of aromatic nitrogens is 3. The zero-order valence-corrected chi connectivity index (χ0v) is 29.1. The highest BCUT2D eigenvalue weighted by molar-refractivity contribution is 7.16. The predicted octanol–water partition coefficient (Wildman–Crippen LogP) is 4.13. The van der Waals surface area contributed by atoms with E-state index in [1.54, 1.807) is 24.3 Å². The molecule has 0 unspecified atom stereocenters. The molecular weight excluding hydrogens is 653 g/mol. The molecule has 2 amide bonds. The second-order valence-corrected chi connectivity index (χ2v) is 14.4. The molecule has 258 valence electrons. The highest BCUT2D eigenvalue weighted by Crippen LogP contribution is 2.48. The molecule has 1 atom stereocenters. The number of fused-ring (bicyclic) bond motifs is 1. The van der Waals surface area contributed by atoms with Crippen molar-refractivity contribution >= 4 is 45.3 Å². The molecule has 3 N–H and O–H groups in total. The number of hydrogen-bond acceptors (Lipinski definition) is 12. The third-order valence-electron chi connectivity index (χ3n) is 10.00. The molecular formula is C36H40N10O3S. The summed E-state index contributed by atoms with van der Waals surface area (Å²) in [5, 5.41) is 17.6. The minimum atomic E-state index is -0.629. The quantitative estimate of drug-likeness (QED) is 0.268. The van der Waals surface area contributed by atoms with E-state index in [4.69, 9.17) is 20.2 Å². The van der Waals surface area contributed by atoms with Crippen LogP contribution in [0.2, 0.25) is 0 Å². The lowest BCUT2D eigenvalue weighted by molar-refractivity contribution is -0.111. The zero-order valence-electron chi connectivity index (χ0n) is 28.3. The van der Waals surface area contributed by atoms with Crippen LogP contribution in [-0.4, -0.2) is 96.1 Å². The van der Waals surface area contributed by atoms with Gasteiger partial charge in [0.1, 0.15) is 22.6 Å². The molecule has 1 aromatic carbocycles. The summed E-state index contributed by atoms with van der Waals surface area (Å²) >= 11 is 1.48. The fraction of sp³-hybridized carbons (Fsp3) is 0.389. The van der Waals surface area contributed by atoms with Crippen molar-refractivity contribution in [1.29, 1.82) is 5.26 Å². The number of nitrogens with two attached hydrogens (primary N) is 1. The lowest BCUT2D eigenvalue weighted by Gasteiger charge is -2.37.